The molecule has 1 fully saturated rings. The molecule has 0 radical (unpaired) electrons. The van der Waals surface area contributed by atoms with E-state index in [1.807, 2.05) is 0 Å². The molecule has 2 atom stereocenters. The van der Waals surface area contributed by atoms with Crippen LogP contribution in [0, 0.1) is 5.41 Å². The van der Waals surface area contributed by atoms with Gasteiger partial charge in [0.05, 0.1) is 0 Å². The lowest BCUT2D eigenvalue weighted by atomic mass is 9.75. The van der Waals surface area contributed by atoms with E-state index < -0.39 is 34.8 Å². The first kappa shape index (κ1) is 17.3. The fourth-order valence-electron chi connectivity index (χ4n) is 3.56. The van der Waals surface area contributed by atoms with Crippen molar-refractivity contribution < 1.29 is 28.6 Å². The van der Waals surface area contributed by atoms with Gasteiger partial charge in [-0.25, -0.2) is 9.59 Å². The van der Waals surface area contributed by atoms with Gasteiger partial charge in [0.1, 0.15) is 12.4 Å². The number of hydrogen-bond acceptors (Lipinski definition) is 6. The van der Waals surface area contributed by atoms with Gasteiger partial charge >= 0.3 is 17.9 Å². The average Bonchev–Trinajstić information content (AvgIpc) is 3.10. The van der Waals surface area contributed by atoms with Crippen LogP contribution in [0.15, 0.2) is 54.6 Å². The maximum absolute atomic E-state index is 13.4. The summed E-state index contributed by atoms with van der Waals surface area (Å²) in [5.41, 5.74) is -1.65. The molecule has 2 aliphatic rings. The third-order valence-corrected chi connectivity index (χ3v) is 5.05. The second-order valence-corrected chi connectivity index (χ2v) is 7.38. The molecule has 4 rings (SSSR count). The van der Waals surface area contributed by atoms with Gasteiger partial charge in [-0.15, -0.1) is 0 Å². The lowest BCUT2D eigenvalue weighted by Crippen LogP contribution is -2.48. The van der Waals surface area contributed by atoms with Gasteiger partial charge in [0.15, 0.2) is 0 Å². The Bertz CT molecular complexity index is 933. The summed E-state index contributed by atoms with van der Waals surface area (Å²) in [6, 6.07) is 15.3. The van der Waals surface area contributed by atoms with Crippen molar-refractivity contribution >= 4 is 17.9 Å². The van der Waals surface area contributed by atoms with E-state index in [1.165, 1.54) is 0 Å². The molecular formula is C21H18O6. The van der Waals surface area contributed by atoms with E-state index >= 15 is 0 Å². The quantitative estimate of drug-likeness (QED) is 0.471. The first-order valence-electron chi connectivity index (χ1n) is 8.62. The molecule has 0 amide bonds. The predicted molar refractivity (Wildman–Crippen MR) is 93.9 cm³/mol. The summed E-state index contributed by atoms with van der Waals surface area (Å²) < 4.78 is 16.0. The highest BCUT2D eigenvalue weighted by molar-refractivity contribution is 6.14. The highest BCUT2D eigenvalue weighted by atomic mass is 16.6. The van der Waals surface area contributed by atoms with Crippen LogP contribution >= 0.6 is 0 Å². The molecule has 0 saturated carbocycles. The van der Waals surface area contributed by atoms with Crippen LogP contribution in [0.4, 0.5) is 0 Å². The Morgan fingerprint density at radius 2 is 1.70 bits per heavy atom. The predicted octanol–water partition coefficient (Wildman–Crippen LogP) is 2.39. The van der Waals surface area contributed by atoms with Crippen LogP contribution in [-0.4, -0.2) is 30.6 Å². The van der Waals surface area contributed by atoms with Crippen molar-refractivity contribution in [2.45, 2.75) is 25.4 Å². The number of carbonyl (C=O) groups excluding carboxylic acids is 3. The van der Waals surface area contributed by atoms with Gasteiger partial charge in [-0.05, 0) is 11.6 Å². The van der Waals surface area contributed by atoms with Crippen LogP contribution in [0.25, 0.3) is 0 Å². The van der Waals surface area contributed by atoms with Crippen molar-refractivity contribution in [3.05, 3.63) is 65.7 Å². The van der Waals surface area contributed by atoms with E-state index in [4.69, 9.17) is 14.2 Å². The summed E-state index contributed by atoms with van der Waals surface area (Å²) in [5.74, 6) is -1.91. The van der Waals surface area contributed by atoms with Crippen LogP contribution in [0.1, 0.15) is 25.0 Å². The number of rotatable bonds is 3. The molecule has 2 heterocycles. The van der Waals surface area contributed by atoms with Gasteiger partial charge in [-0.3, -0.25) is 4.79 Å². The minimum atomic E-state index is -1.78. The normalized spacial score (nSPS) is 25.5. The Kier molecular flexibility index (Phi) is 3.80. The molecule has 2 aromatic rings. The maximum Gasteiger partial charge on any atom is 0.348 e. The highest BCUT2D eigenvalue weighted by Crippen LogP contribution is 2.46. The fourth-order valence-corrected chi connectivity index (χ4v) is 3.56. The summed E-state index contributed by atoms with van der Waals surface area (Å²) in [6.07, 6.45) is -1.09. The number of hydrogen-bond donors (Lipinski definition) is 0. The molecule has 2 aliphatic heterocycles. The van der Waals surface area contributed by atoms with Crippen LogP contribution in [0.3, 0.4) is 0 Å². The Hall–Kier alpha value is -3.15. The summed E-state index contributed by atoms with van der Waals surface area (Å²) >= 11 is 0. The molecule has 1 unspecified atom stereocenters. The fraction of sp³-hybridized carbons (Fsp3) is 0.286. The molecule has 6 heteroatoms. The number of para-hydroxylation sites is 1. The van der Waals surface area contributed by atoms with Gasteiger partial charge in [0.25, 0.3) is 0 Å². The largest absolute Gasteiger partial charge is 0.462 e. The monoisotopic (exact) mass is 366 g/mol. The molecule has 2 aromatic carbocycles. The summed E-state index contributed by atoms with van der Waals surface area (Å²) in [6.45, 7) is 3.68. The van der Waals surface area contributed by atoms with Crippen molar-refractivity contribution in [1.82, 2.24) is 0 Å². The van der Waals surface area contributed by atoms with E-state index in [0.29, 0.717) is 16.9 Å². The molecule has 0 aromatic heterocycles. The second-order valence-electron chi connectivity index (χ2n) is 7.38. The SMILES string of the molecule is CC1(C)COC(=O)[C@@H]1OC(=O)C1(c2ccccc2)C(=O)Oc2ccccc21. The van der Waals surface area contributed by atoms with E-state index in [9.17, 15) is 14.4 Å². The molecule has 0 spiro atoms. The molecule has 0 bridgehead atoms. The smallest absolute Gasteiger partial charge is 0.348 e. The number of esters is 3. The molecule has 1 saturated heterocycles. The van der Waals surface area contributed by atoms with E-state index in [0.717, 1.165) is 0 Å². The highest BCUT2D eigenvalue weighted by Gasteiger charge is 2.60. The summed E-state index contributed by atoms with van der Waals surface area (Å²) in [7, 11) is 0. The molecule has 138 valence electrons. The minimum absolute atomic E-state index is 0.142. The summed E-state index contributed by atoms with van der Waals surface area (Å²) in [4.78, 5) is 38.5. The molecule has 0 N–H and O–H groups in total. The van der Waals surface area contributed by atoms with Gasteiger partial charge in [-0.1, -0.05) is 62.4 Å². The second kappa shape index (κ2) is 5.94. The number of fused-ring (bicyclic) bond motifs is 1. The standard InChI is InChI=1S/C21H18O6/c1-20(2)12-25-17(22)16(20)27-19(24)21(13-8-4-3-5-9-13)14-10-6-7-11-15(14)26-18(21)23/h3-11,16H,12H2,1-2H3/t16-,21?/m0/s1. The van der Waals surface area contributed by atoms with Crippen molar-refractivity contribution in [1.29, 1.82) is 0 Å². The van der Waals surface area contributed by atoms with Crippen molar-refractivity contribution in [2.24, 2.45) is 5.41 Å². The molecular weight excluding hydrogens is 348 g/mol. The van der Waals surface area contributed by atoms with Crippen LogP contribution in [0.5, 0.6) is 5.75 Å². The van der Waals surface area contributed by atoms with E-state index in [1.54, 1.807) is 68.4 Å². The van der Waals surface area contributed by atoms with Gasteiger partial charge < -0.3 is 14.2 Å². The van der Waals surface area contributed by atoms with Crippen LogP contribution < -0.4 is 4.74 Å². The van der Waals surface area contributed by atoms with Crippen LogP contribution in [0.2, 0.25) is 0 Å². The number of ether oxygens (including phenoxy) is 3. The van der Waals surface area contributed by atoms with Gasteiger partial charge in [0, 0.05) is 11.0 Å². The first-order chi connectivity index (χ1) is 12.9. The Morgan fingerprint density at radius 1 is 1.04 bits per heavy atom. The van der Waals surface area contributed by atoms with Crippen molar-refractivity contribution in [3.8, 4) is 5.75 Å². The van der Waals surface area contributed by atoms with Gasteiger partial charge in [0.2, 0.25) is 11.5 Å². The van der Waals surface area contributed by atoms with Crippen molar-refractivity contribution in [3.63, 3.8) is 0 Å². The maximum atomic E-state index is 13.4. The topological polar surface area (TPSA) is 78.9 Å². The van der Waals surface area contributed by atoms with Crippen molar-refractivity contribution in [2.75, 3.05) is 6.61 Å². The molecule has 27 heavy (non-hydrogen) atoms. The van der Waals surface area contributed by atoms with E-state index in [2.05, 4.69) is 0 Å². The zero-order valence-electron chi connectivity index (χ0n) is 14.9. The number of cyclic esters (lactones) is 1. The lowest BCUT2D eigenvalue weighted by Gasteiger charge is -2.28. The zero-order valence-corrected chi connectivity index (χ0v) is 14.9. The Morgan fingerprint density at radius 3 is 2.37 bits per heavy atom. The zero-order chi connectivity index (χ0) is 19.2. The third kappa shape index (κ3) is 2.44. The van der Waals surface area contributed by atoms with E-state index in [-0.39, 0.29) is 6.61 Å². The molecule has 0 aliphatic carbocycles. The molecule has 6 nitrogen and oxygen atoms in total. The van der Waals surface area contributed by atoms with Gasteiger partial charge in [-0.2, -0.15) is 0 Å². The minimum Gasteiger partial charge on any atom is -0.462 e. The Balaban J connectivity index is 1.85. The Labute approximate surface area is 156 Å². The first-order valence-corrected chi connectivity index (χ1v) is 8.62. The number of benzene rings is 2. The lowest BCUT2D eigenvalue weighted by molar-refractivity contribution is -0.169. The number of carbonyl (C=O) groups is 3. The average molecular weight is 366 g/mol. The third-order valence-electron chi connectivity index (χ3n) is 5.05. The van der Waals surface area contributed by atoms with Crippen LogP contribution in [-0.2, 0) is 29.3 Å². The summed E-state index contributed by atoms with van der Waals surface area (Å²) in [5, 5.41) is 0.